The molecular formula is C18H34N2O2. The summed E-state index contributed by atoms with van der Waals surface area (Å²) in [5, 5.41) is 9.85. The zero-order valence-electron chi connectivity index (χ0n) is 14.6. The predicted molar refractivity (Wildman–Crippen MR) is 89.7 cm³/mol. The number of hydrogen-bond donors (Lipinski definition) is 1. The van der Waals surface area contributed by atoms with Gasteiger partial charge in [-0.1, -0.05) is 19.3 Å². The Hall–Kier alpha value is -0.610. The van der Waals surface area contributed by atoms with E-state index in [2.05, 4.69) is 23.6 Å². The molecule has 0 aromatic carbocycles. The predicted octanol–water partition coefficient (Wildman–Crippen LogP) is 2.65. The van der Waals surface area contributed by atoms with Crippen LogP contribution in [0, 0.1) is 5.92 Å². The number of carbonyl (C=O) groups excluding carboxylic acids is 1. The Bertz CT molecular complexity index is 353. The van der Waals surface area contributed by atoms with Crippen LogP contribution in [0.4, 0.5) is 0 Å². The summed E-state index contributed by atoms with van der Waals surface area (Å²) in [6.07, 6.45) is 8.07. The second-order valence-corrected chi connectivity index (χ2v) is 7.23. The molecule has 3 unspecified atom stereocenters. The molecule has 4 nitrogen and oxygen atoms in total. The summed E-state index contributed by atoms with van der Waals surface area (Å²) in [6, 6.07) is 0.398. The van der Waals surface area contributed by atoms with Crippen molar-refractivity contribution in [2.75, 3.05) is 19.6 Å². The summed E-state index contributed by atoms with van der Waals surface area (Å²) in [5.41, 5.74) is 0. The molecule has 0 radical (unpaired) electrons. The van der Waals surface area contributed by atoms with Crippen molar-refractivity contribution in [3.8, 4) is 0 Å². The van der Waals surface area contributed by atoms with Crippen molar-refractivity contribution in [1.82, 2.24) is 9.80 Å². The molecule has 1 saturated heterocycles. The van der Waals surface area contributed by atoms with Crippen molar-refractivity contribution >= 4 is 5.91 Å². The van der Waals surface area contributed by atoms with Gasteiger partial charge in [0.05, 0.1) is 12.1 Å². The summed E-state index contributed by atoms with van der Waals surface area (Å²) < 4.78 is 0. The molecule has 1 aliphatic carbocycles. The average Bonchev–Trinajstić information content (AvgIpc) is 2.55. The smallest absolute Gasteiger partial charge is 0.239 e. The van der Waals surface area contributed by atoms with Crippen molar-refractivity contribution in [2.45, 2.75) is 83.9 Å². The third kappa shape index (κ3) is 4.23. The van der Waals surface area contributed by atoms with Crippen LogP contribution >= 0.6 is 0 Å². The Labute approximate surface area is 135 Å². The molecule has 0 spiro atoms. The zero-order valence-corrected chi connectivity index (χ0v) is 14.6. The lowest BCUT2D eigenvalue weighted by Gasteiger charge is -2.41. The van der Waals surface area contributed by atoms with Gasteiger partial charge < -0.3 is 10.0 Å². The zero-order chi connectivity index (χ0) is 16.1. The third-order valence-electron chi connectivity index (χ3n) is 5.72. The Morgan fingerprint density at radius 3 is 2.45 bits per heavy atom. The summed E-state index contributed by atoms with van der Waals surface area (Å²) >= 11 is 0. The Morgan fingerprint density at radius 1 is 1.18 bits per heavy atom. The van der Waals surface area contributed by atoms with Gasteiger partial charge in [0.2, 0.25) is 5.91 Å². The van der Waals surface area contributed by atoms with E-state index in [0.29, 0.717) is 17.9 Å². The third-order valence-corrected chi connectivity index (χ3v) is 5.72. The van der Waals surface area contributed by atoms with E-state index >= 15 is 0 Å². The minimum atomic E-state index is -0.272. The number of piperidine rings is 1. The number of amides is 1. The van der Waals surface area contributed by atoms with E-state index in [9.17, 15) is 9.90 Å². The van der Waals surface area contributed by atoms with Gasteiger partial charge in [-0.15, -0.1) is 0 Å². The quantitative estimate of drug-likeness (QED) is 0.849. The highest BCUT2D eigenvalue weighted by atomic mass is 16.3. The van der Waals surface area contributed by atoms with Crippen LogP contribution in [0.5, 0.6) is 0 Å². The first-order valence-electron chi connectivity index (χ1n) is 9.27. The number of likely N-dealkylation sites (N-methyl/N-ethyl adjacent to an activating group) is 1. The van der Waals surface area contributed by atoms with E-state index < -0.39 is 0 Å². The molecule has 128 valence electrons. The summed E-state index contributed by atoms with van der Waals surface area (Å²) in [5.74, 6) is 0.606. The Balaban J connectivity index is 1.96. The number of rotatable bonds is 5. The molecule has 1 N–H and O–H groups in total. The van der Waals surface area contributed by atoms with Crippen LogP contribution in [0.15, 0.2) is 0 Å². The maximum Gasteiger partial charge on any atom is 0.239 e. The van der Waals surface area contributed by atoms with Crippen LogP contribution in [0.1, 0.15) is 65.7 Å². The van der Waals surface area contributed by atoms with E-state index in [-0.39, 0.29) is 12.1 Å². The van der Waals surface area contributed by atoms with Gasteiger partial charge >= 0.3 is 0 Å². The van der Waals surface area contributed by atoms with Crippen LogP contribution < -0.4 is 0 Å². The van der Waals surface area contributed by atoms with Crippen LogP contribution in [0.3, 0.4) is 0 Å². The van der Waals surface area contributed by atoms with Gasteiger partial charge in [0.1, 0.15) is 0 Å². The van der Waals surface area contributed by atoms with Crippen LogP contribution in [0.25, 0.3) is 0 Å². The molecule has 0 aromatic rings. The summed E-state index contributed by atoms with van der Waals surface area (Å²) in [4.78, 5) is 17.4. The molecule has 1 saturated carbocycles. The largest absolute Gasteiger partial charge is 0.393 e. The molecule has 2 aliphatic rings. The minimum absolute atomic E-state index is 0.0524. The fourth-order valence-corrected chi connectivity index (χ4v) is 4.17. The highest BCUT2D eigenvalue weighted by molar-refractivity contribution is 5.81. The number of carbonyl (C=O) groups is 1. The van der Waals surface area contributed by atoms with Gasteiger partial charge in [-0.2, -0.15) is 0 Å². The van der Waals surface area contributed by atoms with Crippen LogP contribution in [0.2, 0.25) is 0 Å². The van der Waals surface area contributed by atoms with Crippen LogP contribution in [-0.2, 0) is 4.79 Å². The van der Waals surface area contributed by atoms with Gasteiger partial charge in [0.25, 0.3) is 0 Å². The molecule has 4 heteroatoms. The van der Waals surface area contributed by atoms with Crippen LogP contribution in [-0.4, -0.2) is 58.6 Å². The number of aliphatic hydroxyl groups is 1. The first kappa shape index (κ1) is 17.7. The van der Waals surface area contributed by atoms with Crippen molar-refractivity contribution in [3.05, 3.63) is 0 Å². The van der Waals surface area contributed by atoms with Gasteiger partial charge in [-0.05, 0) is 58.9 Å². The molecule has 0 aromatic heterocycles. The second-order valence-electron chi connectivity index (χ2n) is 7.23. The number of hydrogen-bond acceptors (Lipinski definition) is 3. The maximum absolute atomic E-state index is 13.0. The monoisotopic (exact) mass is 310 g/mol. The number of aliphatic hydroxyl groups excluding tert-OH is 1. The molecular weight excluding hydrogens is 276 g/mol. The average molecular weight is 310 g/mol. The van der Waals surface area contributed by atoms with E-state index in [1.807, 2.05) is 6.92 Å². The minimum Gasteiger partial charge on any atom is -0.393 e. The lowest BCUT2D eigenvalue weighted by atomic mass is 9.91. The molecule has 1 aliphatic heterocycles. The SMILES string of the molecule is CCN(C(=O)C(C)N1CCCC(C(C)O)C1)C1CCCCC1. The lowest BCUT2D eigenvalue weighted by molar-refractivity contribution is -0.140. The second kappa shape index (κ2) is 8.30. The topological polar surface area (TPSA) is 43.8 Å². The maximum atomic E-state index is 13.0. The van der Waals surface area contributed by atoms with E-state index in [4.69, 9.17) is 0 Å². The highest BCUT2D eigenvalue weighted by Crippen LogP contribution is 2.25. The summed E-state index contributed by atoms with van der Waals surface area (Å²) in [6.45, 7) is 8.69. The van der Waals surface area contributed by atoms with Gasteiger partial charge in [0.15, 0.2) is 0 Å². The molecule has 2 rings (SSSR count). The Morgan fingerprint density at radius 2 is 1.86 bits per heavy atom. The number of nitrogens with zero attached hydrogens (tertiary/aromatic N) is 2. The molecule has 0 bridgehead atoms. The standard InChI is InChI=1S/C18H34N2O2/c1-4-20(17-10-6-5-7-11-17)18(22)14(2)19-12-8-9-16(13-19)15(3)21/h14-17,21H,4-13H2,1-3H3. The van der Waals surface area contributed by atoms with Gasteiger partial charge in [0, 0.05) is 19.1 Å². The molecule has 2 fully saturated rings. The molecule has 22 heavy (non-hydrogen) atoms. The normalized spacial score (nSPS) is 27.4. The van der Waals surface area contributed by atoms with Crippen molar-refractivity contribution < 1.29 is 9.90 Å². The lowest BCUT2D eigenvalue weighted by Crippen LogP contribution is -2.54. The van der Waals surface area contributed by atoms with E-state index in [1.54, 1.807) is 0 Å². The van der Waals surface area contributed by atoms with Crippen molar-refractivity contribution in [2.24, 2.45) is 5.92 Å². The fourth-order valence-electron chi connectivity index (χ4n) is 4.17. The number of likely N-dealkylation sites (tertiary alicyclic amines) is 1. The Kier molecular flexibility index (Phi) is 6.69. The van der Waals surface area contributed by atoms with E-state index in [1.165, 1.54) is 32.1 Å². The van der Waals surface area contributed by atoms with E-state index in [0.717, 1.165) is 32.5 Å². The molecule has 1 heterocycles. The van der Waals surface area contributed by atoms with Gasteiger partial charge in [-0.3, -0.25) is 9.69 Å². The first-order chi connectivity index (χ1) is 10.5. The van der Waals surface area contributed by atoms with Crippen molar-refractivity contribution in [1.29, 1.82) is 0 Å². The first-order valence-corrected chi connectivity index (χ1v) is 9.27. The fraction of sp³-hybridized carbons (Fsp3) is 0.944. The molecule has 1 amide bonds. The summed E-state index contributed by atoms with van der Waals surface area (Å²) in [7, 11) is 0. The van der Waals surface area contributed by atoms with Gasteiger partial charge in [-0.25, -0.2) is 0 Å². The van der Waals surface area contributed by atoms with Crippen molar-refractivity contribution in [3.63, 3.8) is 0 Å². The highest BCUT2D eigenvalue weighted by Gasteiger charge is 2.33. The molecule has 3 atom stereocenters.